The summed E-state index contributed by atoms with van der Waals surface area (Å²) in [7, 11) is -3.53. The first-order chi connectivity index (χ1) is 10.4. The van der Waals surface area contributed by atoms with E-state index in [9.17, 15) is 0 Å². The Balaban J connectivity index is 5.84. The SMILES string of the molecule is CC(C)[Si](C#[N+][N-][Si](C(C)C)(C(C)C)C(C)C)(C(C)C)C(C)C. The predicted octanol–water partition coefficient (Wildman–Crippen LogP) is 8.00. The maximum atomic E-state index is 5.07. The molecule has 0 spiro atoms. The Bertz CT molecular complexity index is 371. The summed E-state index contributed by atoms with van der Waals surface area (Å²) in [5, 5.41) is 5.07. The van der Waals surface area contributed by atoms with E-state index >= 15 is 0 Å². The van der Waals surface area contributed by atoms with Crippen LogP contribution in [0.3, 0.4) is 0 Å². The molecule has 0 saturated carbocycles. The zero-order valence-corrected chi connectivity index (χ0v) is 19.9. The lowest BCUT2D eigenvalue weighted by Crippen LogP contribution is -2.44. The number of nitrogens with zero attached hydrogens (tertiary/aromatic N) is 2. The summed E-state index contributed by atoms with van der Waals surface area (Å²) in [6.07, 6.45) is 0. The van der Waals surface area contributed by atoms with Crippen LogP contribution in [0.1, 0.15) is 83.1 Å². The van der Waals surface area contributed by atoms with Crippen molar-refractivity contribution in [3.63, 3.8) is 0 Å². The summed E-state index contributed by atoms with van der Waals surface area (Å²) >= 11 is 0. The Kier molecular flexibility index (Phi) is 8.61. The first kappa shape index (κ1) is 22.7. The van der Waals surface area contributed by atoms with Crippen LogP contribution in [0, 0.1) is 5.69 Å². The molecule has 2 nitrogen and oxygen atoms in total. The van der Waals surface area contributed by atoms with E-state index in [4.69, 9.17) is 10.0 Å². The Morgan fingerprint density at radius 3 is 1.09 bits per heavy atom. The highest BCUT2D eigenvalue weighted by molar-refractivity contribution is 6.91. The van der Waals surface area contributed by atoms with Gasteiger partial charge in [0.25, 0.3) is 0 Å². The summed E-state index contributed by atoms with van der Waals surface area (Å²) in [6, 6.07) is 0. The van der Waals surface area contributed by atoms with Crippen LogP contribution in [0.15, 0.2) is 0 Å². The van der Waals surface area contributed by atoms with Crippen LogP contribution >= 0.6 is 0 Å². The molecule has 0 saturated heterocycles. The molecule has 0 unspecified atom stereocenters. The molecule has 0 radical (unpaired) electrons. The standard InChI is InChI=1S/C19H42N2Si2/c1-14(2)22(15(3)4,16(5)6)13-20-21-23(17(7)8,18(9)10)19(11)12/h14-19H,1-12H3. The summed E-state index contributed by atoms with van der Waals surface area (Å²) in [4.78, 5) is 4.74. The molecule has 4 heteroatoms. The van der Waals surface area contributed by atoms with Crippen LogP contribution in [-0.4, -0.2) is 16.3 Å². The second-order valence-electron chi connectivity index (χ2n) is 9.06. The monoisotopic (exact) mass is 354 g/mol. The minimum Gasteiger partial charge on any atom is -0.320 e. The van der Waals surface area contributed by atoms with E-state index in [1.54, 1.807) is 0 Å². The average Bonchev–Trinajstić information content (AvgIpc) is 2.35. The van der Waals surface area contributed by atoms with Gasteiger partial charge in [-0.25, -0.2) is 0 Å². The molecule has 0 aromatic rings. The lowest BCUT2D eigenvalue weighted by Gasteiger charge is -2.46. The molecule has 0 fully saturated rings. The molecule has 0 aliphatic carbocycles. The van der Waals surface area contributed by atoms with Gasteiger partial charge in [-0.2, -0.15) is 0 Å². The number of hydrogen-bond donors (Lipinski definition) is 0. The van der Waals surface area contributed by atoms with Gasteiger partial charge in [0.05, 0.1) is 0 Å². The molecule has 0 amide bonds. The Morgan fingerprint density at radius 2 is 0.870 bits per heavy atom. The second-order valence-corrected chi connectivity index (χ2v) is 20.1. The predicted molar refractivity (Wildman–Crippen MR) is 113 cm³/mol. The van der Waals surface area contributed by atoms with Crippen LogP contribution in [0.2, 0.25) is 33.2 Å². The third kappa shape index (κ3) is 4.42. The molecule has 0 heterocycles. The van der Waals surface area contributed by atoms with Crippen molar-refractivity contribution in [1.82, 2.24) is 0 Å². The molecule has 0 atom stereocenters. The van der Waals surface area contributed by atoms with Crippen LogP contribution < -0.4 is 0 Å². The molecular weight excluding hydrogens is 312 g/mol. The molecule has 0 aromatic carbocycles. The minimum atomic E-state index is -1.81. The third-order valence-electron chi connectivity index (χ3n) is 6.11. The van der Waals surface area contributed by atoms with Crippen LogP contribution in [0.4, 0.5) is 0 Å². The van der Waals surface area contributed by atoms with Gasteiger partial charge in [-0.1, -0.05) is 99.7 Å². The fourth-order valence-corrected chi connectivity index (χ4v) is 14.9. The fraction of sp³-hybridized carbons (Fsp3) is 0.947. The molecule has 0 N–H and O–H groups in total. The average molecular weight is 355 g/mol. The first-order valence-electron chi connectivity index (χ1n) is 9.56. The molecule has 0 rings (SSSR count). The van der Waals surface area contributed by atoms with Crippen LogP contribution in [0.5, 0.6) is 0 Å². The van der Waals surface area contributed by atoms with Gasteiger partial charge in [0.15, 0.2) is 0 Å². The summed E-state index contributed by atoms with van der Waals surface area (Å²) in [5.74, 6) is 0. The molecule has 0 aliphatic heterocycles. The van der Waals surface area contributed by atoms with Crippen LogP contribution in [0.25, 0.3) is 10.0 Å². The summed E-state index contributed by atoms with van der Waals surface area (Å²) in [6.45, 7) is 28.1. The highest BCUT2D eigenvalue weighted by Crippen LogP contribution is 2.46. The fourth-order valence-electron chi connectivity index (χ4n) is 4.93. The number of rotatable bonds is 7. The lowest BCUT2D eigenvalue weighted by molar-refractivity contribution is 0.827. The van der Waals surface area contributed by atoms with E-state index in [1.165, 1.54) is 0 Å². The quantitative estimate of drug-likeness (QED) is 0.325. The Labute approximate surface area is 148 Å². The number of hydrogen-bond acceptors (Lipinski definition) is 0. The van der Waals surface area contributed by atoms with Crippen molar-refractivity contribution in [3.05, 3.63) is 10.0 Å². The van der Waals surface area contributed by atoms with Gasteiger partial charge < -0.3 is 5.09 Å². The van der Waals surface area contributed by atoms with E-state index in [-0.39, 0.29) is 0 Å². The maximum Gasteiger partial charge on any atom is 0.244 e. The molecule has 23 heavy (non-hydrogen) atoms. The van der Waals surface area contributed by atoms with E-state index in [0.29, 0.717) is 33.2 Å². The maximum absolute atomic E-state index is 5.07. The van der Waals surface area contributed by atoms with Gasteiger partial charge in [0, 0.05) is 8.24 Å². The van der Waals surface area contributed by atoms with Gasteiger partial charge >= 0.3 is 0 Å². The van der Waals surface area contributed by atoms with Gasteiger partial charge in [-0.05, 0) is 16.6 Å². The van der Waals surface area contributed by atoms with Crippen molar-refractivity contribution in [2.45, 2.75) is 116 Å². The molecule has 136 valence electrons. The molecular formula is C19H42N2Si2. The van der Waals surface area contributed by atoms with Crippen molar-refractivity contribution in [1.29, 1.82) is 0 Å². The zero-order valence-electron chi connectivity index (χ0n) is 17.9. The zero-order chi connectivity index (χ0) is 18.6. The van der Waals surface area contributed by atoms with Crippen molar-refractivity contribution in [2.24, 2.45) is 0 Å². The van der Waals surface area contributed by atoms with E-state index in [0.717, 1.165) is 0 Å². The largest absolute Gasteiger partial charge is 0.320 e. The highest BCUT2D eigenvalue weighted by Gasteiger charge is 2.48. The van der Waals surface area contributed by atoms with Gasteiger partial charge in [-0.15, -0.1) is 4.95 Å². The summed E-state index contributed by atoms with van der Waals surface area (Å²) < 4.78 is 0. The molecule has 0 bridgehead atoms. The van der Waals surface area contributed by atoms with E-state index < -0.39 is 16.3 Å². The Hall–Kier alpha value is -0.276. The van der Waals surface area contributed by atoms with Gasteiger partial charge in [0.1, 0.15) is 0 Å². The molecule has 0 aliphatic rings. The Morgan fingerprint density at radius 1 is 0.565 bits per heavy atom. The lowest BCUT2D eigenvalue weighted by atomic mass is 10.5. The van der Waals surface area contributed by atoms with Crippen molar-refractivity contribution >= 4 is 16.3 Å². The van der Waals surface area contributed by atoms with Crippen molar-refractivity contribution in [3.8, 4) is 5.69 Å². The second kappa shape index (κ2) is 8.71. The van der Waals surface area contributed by atoms with Gasteiger partial charge in [0.2, 0.25) is 13.8 Å². The van der Waals surface area contributed by atoms with Crippen molar-refractivity contribution < 1.29 is 0 Å². The van der Waals surface area contributed by atoms with E-state index in [2.05, 4.69) is 88.8 Å². The summed E-state index contributed by atoms with van der Waals surface area (Å²) in [5.41, 5.74) is 7.46. The van der Waals surface area contributed by atoms with E-state index in [1.807, 2.05) is 0 Å². The highest BCUT2D eigenvalue weighted by atomic mass is 28.3. The molecule has 0 aromatic heterocycles. The topological polar surface area (TPSA) is 18.5 Å². The minimum absolute atomic E-state index is 0.612. The van der Waals surface area contributed by atoms with Crippen molar-refractivity contribution in [2.75, 3.05) is 0 Å². The van der Waals surface area contributed by atoms with Gasteiger partial charge in [-0.3, -0.25) is 0 Å². The smallest absolute Gasteiger partial charge is 0.244 e. The first-order valence-corrected chi connectivity index (χ1v) is 14.0. The van der Waals surface area contributed by atoms with Crippen LogP contribution in [-0.2, 0) is 0 Å². The normalized spacial score (nSPS) is 13.5. The third-order valence-corrected chi connectivity index (χ3v) is 18.3.